The van der Waals surface area contributed by atoms with Crippen LogP contribution >= 0.6 is 0 Å². The molecule has 3 rings (SSSR count). The number of nitrogens with two attached hydrogens (primary N) is 1. The number of amides is 2. The lowest BCUT2D eigenvalue weighted by atomic mass is 10.0. The van der Waals surface area contributed by atoms with E-state index >= 15 is 0 Å². The normalized spacial score (nSPS) is 19.2. The molecule has 0 atom stereocenters. The van der Waals surface area contributed by atoms with Crippen molar-refractivity contribution in [1.82, 2.24) is 14.9 Å². The molecule has 1 aliphatic heterocycles. The SMILES string of the molecule is NC(=O)CN1CCC(NC(=O)c2ccc(S(=O)(=O)NC3CC3)cc2)CC1. The number of sulfonamides is 1. The van der Waals surface area contributed by atoms with E-state index in [2.05, 4.69) is 10.0 Å². The summed E-state index contributed by atoms with van der Waals surface area (Å²) in [5.74, 6) is -0.573. The van der Waals surface area contributed by atoms with Crippen molar-refractivity contribution in [3.05, 3.63) is 29.8 Å². The number of carbonyl (C=O) groups excluding carboxylic acids is 2. The van der Waals surface area contributed by atoms with Gasteiger partial charge in [0, 0.05) is 30.7 Å². The molecule has 1 saturated heterocycles. The molecule has 2 aliphatic rings. The Labute approximate surface area is 153 Å². The number of hydrogen-bond acceptors (Lipinski definition) is 5. The van der Waals surface area contributed by atoms with Crippen LogP contribution in [0.1, 0.15) is 36.0 Å². The summed E-state index contributed by atoms with van der Waals surface area (Å²) in [5.41, 5.74) is 5.62. The molecule has 1 aromatic rings. The number of likely N-dealkylation sites (tertiary alicyclic amines) is 1. The third-order valence-corrected chi connectivity index (χ3v) is 6.16. The van der Waals surface area contributed by atoms with Crippen molar-refractivity contribution in [3.8, 4) is 0 Å². The zero-order chi connectivity index (χ0) is 18.7. The van der Waals surface area contributed by atoms with Crippen LogP contribution in [0.25, 0.3) is 0 Å². The van der Waals surface area contributed by atoms with Gasteiger partial charge in [0.1, 0.15) is 0 Å². The predicted molar refractivity (Wildman–Crippen MR) is 95.9 cm³/mol. The van der Waals surface area contributed by atoms with Crippen LogP contribution in [0, 0.1) is 0 Å². The van der Waals surface area contributed by atoms with Gasteiger partial charge in [-0.3, -0.25) is 14.5 Å². The van der Waals surface area contributed by atoms with E-state index in [0.29, 0.717) is 18.7 Å². The molecule has 8 nitrogen and oxygen atoms in total. The first-order valence-electron chi connectivity index (χ1n) is 8.77. The summed E-state index contributed by atoms with van der Waals surface area (Å²) in [6.07, 6.45) is 3.24. The molecule has 0 unspecified atom stereocenters. The third kappa shape index (κ3) is 5.03. The lowest BCUT2D eigenvalue weighted by Gasteiger charge is -2.31. The lowest BCUT2D eigenvalue weighted by Crippen LogP contribution is -2.46. The van der Waals surface area contributed by atoms with Crippen LogP contribution in [0.2, 0.25) is 0 Å². The summed E-state index contributed by atoms with van der Waals surface area (Å²) < 4.78 is 26.9. The van der Waals surface area contributed by atoms with Crippen LogP contribution in [0.4, 0.5) is 0 Å². The molecule has 4 N–H and O–H groups in total. The van der Waals surface area contributed by atoms with Gasteiger partial charge in [0.05, 0.1) is 11.4 Å². The van der Waals surface area contributed by atoms with Gasteiger partial charge < -0.3 is 11.1 Å². The molecule has 2 amide bonds. The van der Waals surface area contributed by atoms with Crippen LogP contribution in [-0.4, -0.2) is 56.9 Å². The van der Waals surface area contributed by atoms with E-state index in [4.69, 9.17) is 5.73 Å². The molecule has 0 radical (unpaired) electrons. The maximum atomic E-state index is 12.4. The summed E-state index contributed by atoms with van der Waals surface area (Å²) in [4.78, 5) is 25.4. The maximum absolute atomic E-state index is 12.4. The first kappa shape index (κ1) is 18.8. The highest BCUT2D eigenvalue weighted by Gasteiger charge is 2.28. The van der Waals surface area contributed by atoms with Crippen LogP contribution in [-0.2, 0) is 14.8 Å². The Kier molecular flexibility index (Phi) is 5.59. The topological polar surface area (TPSA) is 122 Å². The molecule has 9 heteroatoms. The lowest BCUT2D eigenvalue weighted by molar-refractivity contribution is -0.119. The summed E-state index contributed by atoms with van der Waals surface area (Å²) >= 11 is 0. The summed E-state index contributed by atoms with van der Waals surface area (Å²) in [5, 5.41) is 2.96. The minimum absolute atomic E-state index is 0.0339. The number of piperidine rings is 1. The van der Waals surface area contributed by atoms with Gasteiger partial charge in [-0.2, -0.15) is 0 Å². The minimum atomic E-state index is -3.51. The van der Waals surface area contributed by atoms with Crippen molar-refractivity contribution < 1.29 is 18.0 Å². The molecule has 2 fully saturated rings. The molecular weight excluding hydrogens is 356 g/mol. The predicted octanol–water partition coefficient (Wildman–Crippen LogP) is -0.193. The van der Waals surface area contributed by atoms with Gasteiger partial charge in [0.2, 0.25) is 15.9 Å². The van der Waals surface area contributed by atoms with E-state index in [1.165, 1.54) is 24.3 Å². The first-order valence-corrected chi connectivity index (χ1v) is 10.3. The summed E-state index contributed by atoms with van der Waals surface area (Å²) in [6.45, 7) is 1.65. The number of nitrogens with one attached hydrogen (secondary N) is 2. The largest absolute Gasteiger partial charge is 0.369 e. The quantitative estimate of drug-likeness (QED) is 0.605. The minimum Gasteiger partial charge on any atom is -0.369 e. The van der Waals surface area contributed by atoms with Gasteiger partial charge in [0.25, 0.3) is 5.91 Å². The molecule has 0 aromatic heterocycles. The zero-order valence-electron chi connectivity index (χ0n) is 14.5. The highest BCUT2D eigenvalue weighted by molar-refractivity contribution is 7.89. The number of rotatable bonds is 7. The Bertz CT molecular complexity index is 766. The van der Waals surface area contributed by atoms with Gasteiger partial charge in [-0.05, 0) is 49.9 Å². The smallest absolute Gasteiger partial charge is 0.251 e. The van der Waals surface area contributed by atoms with Gasteiger partial charge in [0.15, 0.2) is 0 Å². The van der Waals surface area contributed by atoms with E-state index in [1.807, 2.05) is 4.90 Å². The monoisotopic (exact) mass is 380 g/mol. The molecule has 142 valence electrons. The van der Waals surface area contributed by atoms with Gasteiger partial charge >= 0.3 is 0 Å². The van der Waals surface area contributed by atoms with E-state index in [1.54, 1.807) is 0 Å². The van der Waals surface area contributed by atoms with Crippen LogP contribution < -0.4 is 15.8 Å². The summed E-state index contributed by atoms with van der Waals surface area (Å²) in [6, 6.07) is 6.04. The number of benzene rings is 1. The fourth-order valence-electron chi connectivity index (χ4n) is 3.00. The third-order valence-electron chi connectivity index (χ3n) is 4.63. The van der Waals surface area contributed by atoms with Crippen LogP contribution in [0.5, 0.6) is 0 Å². The maximum Gasteiger partial charge on any atom is 0.251 e. The second kappa shape index (κ2) is 7.73. The van der Waals surface area contributed by atoms with Crippen molar-refractivity contribution in [1.29, 1.82) is 0 Å². The zero-order valence-corrected chi connectivity index (χ0v) is 15.3. The van der Waals surface area contributed by atoms with E-state index < -0.39 is 10.0 Å². The molecule has 1 aliphatic carbocycles. The Morgan fingerprint density at radius 2 is 1.65 bits per heavy atom. The number of hydrogen-bond donors (Lipinski definition) is 3. The van der Waals surface area contributed by atoms with Crippen molar-refractivity contribution in [2.45, 2.75) is 42.7 Å². The Morgan fingerprint density at radius 3 is 2.19 bits per heavy atom. The fourth-order valence-corrected chi connectivity index (χ4v) is 4.30. The molecular formula is C17H24N4O4S. The Morgan fingerprint density at radius 1 is 1.04 bits per heavy atom. The van der Waals surface area contributed by atoms with Gasteiger partial charge in [-0.15, -0.1) is 0 Å². The van der Waals surface area contributed by atoms with Crippen LogP contribution in [0.15, 0.2) is 29.2 Å². The van der Waals surface area contributed by atoms with Crippen molar-refractivity contribution in [2.75, 3.05) is 19.6 Å². The standard InChI is InChI=1S/C17H24N4O4S/c18-16(22)11-21-9-7-13(8-10-21)19-17(23)12-1-5-15(6-2-12)26(24,25)20-14-3-4-14/h1-2,5-6,13-14,20H,3-4,7-11H2,(H2,18,22)(H,19,23). The number of nitrogens with zero attached hydrogens (tertiary/aromatic N) is 1. The van der Waals surface area contributed by atoms with E-state index in [-0.39, 0.29) is 35.3 Å². The average molecular weight is 380 g/mol. The first-order chi connectivity index (χ1) is 12.3. The van der Waals surface area contributed by atoms with E-state index in [0.717, 1.165) is 25.7 Å². The Balaban J connectivity index is 1.53. The second-order valence-corrected chi connectivity index (χ2v) is 8.62. The molecule has 0 bridgehead atoms. The molecule has 0 spiro atoms. The van der Waals surface area contributed by atoms with Crippen molar-refractivity contribution in [3.63, 3.8) is 0 Å². The van der Waals surface area contributed by atoms with Gasteiger partial charge in [-0.25, -0.2) is 13.1 Å². The second-order valence-electron chi connectivity index (χ2n) is 6.91. The molecule has 1 aromatic carbocycles. The molecule has 26 heavy (non-hydrogen) atoms. The average Bonchev–Trinajstić information content (AvgIpc) is 3.39. The Hall–Kier alpha value is -1.97. The van der Waals surface area contributed by atoms with Crippen molar-refractivity contribution in [2.24, 2.45) is 5.73 Å². The molecule has 1 saturated carbocycles. The van der Waals surface area contributed by atoms with Crippen molar-refractivity contribution >= 4 is 21.8 Å². The summed E-state index contributed by atoms with van der Waals surface area (Å²) in [7, 11) is -3.51. The number of primary amides is 1. The highest BCUT2D eigenvalue weighted by Crippen LogP contribution is 2.22. The van der Waals surface area contributed by atoms with Gasteiger partial charge in [-0.1, -0.05) is 0 Å². The van der Waals surface area contributed by atoms with Crippen LogP contribution in [0.3, 0.4) is 0 Å². The number of carbonyl (C=O) groups is 2. The highest BCUT2D eigenvalue weighted by atomic mass is 32.2. The molecule has 1 heterocycles. The fraction of sp³-hybridized carbons (Fsp3) is 0.529. The van der Waals surface area contributed by atoms with E-state index in [9.17, 15) is 18.0 Å².